The van der Waals surface area contributed by atoms with Gasteiger partial charge in [0.1, 0.15) is 0 Å². The zero-order valence-corrected chi connectivity index (χ0v) is 18.0. The SMILES string of the molecule is CN=C(NCc1cnn(-c2ccccc2)c1)NCC(c1cccs1)N1CCOCC1. The molecule has 1 unspecified atom stereocenters. The molecule has 0 bridgehead atoms. The first kappa shape index (κ1) is 20.6. The molecule has 2 aromatic heterocycles. The van der Waals surface area contributed by atoms with Crippen LogP contribution in [-0.2, 0) is 11.3 Å². The van der Waals surface area contributed by atoms with Crippen molar-refractivity contribution < 1.29 is 4.74 Å². The molecular weight excluding hydrogens is 396 g/mol. The first-order chi connectivity index (χ1) is 14.8. The molecule has 158 valence electrons. The number of nitrogens with zero attached hydrogens (tertiary/aromatic N) is 4. The molecule has 0 aliphatic carbocycles. The molecule has 3 heterocycles. The van der Waals surface area contributed by atoms with Gasteiger partial charge in [-0.1, -0.05) is 24.3 Å². The minimum Gasteiger partial charge on any atom is -0.379 e. The van der Waals surface area contributed by atoms with Crippen LogP contribution in [0, 0.1) is 0 Å². The molecule has 1 aromatic carbocycles. The first-order valence-corrected chi connectivity index (χ1v) is 11.1. The summed E-state index contributed by atoms with van der Waals surface area (Å²) in [5.74, 6) is 0.789. The van der Waals surface area contributed by atoms with Gasteiger partial charge in [-0.3, -0.25) is 9.89 Å². The van der Waals surface area contributed by atoms with Gasteiger partial charge in [0.25, 0.3) is 0 Å². The minimum atomic E-state index is 0.313. The normalized spacial score (nSPS) is 16.4. The number of guanidine groups is 1. The third-order valence-electron chi connectivity index (χ3n) is 5.16. The highest BCUT2D eigenvalue weighted by molar-refractivity contribution is 7.10. The average Bonchev–Trinajstić information content (AvgIpc) is 3.50. The minimum absolute atomic E-state index is 0.313. The van der Waals surface area contributed by atoms with Gasteiger partial charge in [0.2, 0.25) is 0 Å². The number of morpholine rings is 1. The lowest BCUT2D eigenvalue weighted by Gasteiger charge is -2.34. The van der Waals surface area contributed by atoms with Crippen LogP contribution in [0.4, 0.5) is 0 Å². The third kappa shape index (κ3) is 5.27. The molecule has 1 fully saturated rings. The molecule has 30 heavy (non-hydrogen) atoms. The molecule has 0 amide bonds. The molecule has 1 atom stereocenters. The Kier molecular flexibility index (Phi) is 7.12. The summed E-state index contributed by atoms with van der Waals surface area (Å²) < 4.78 is 7.42. The first-order valence-electron chi connectivity index (χ1n) is 10.2. The highest BCUT2D eigenvalue weighted by Gasteiger charge is 2.23. The lowest BCUT2D eigenvalue weighted by atomic mass is 10.2. The van der Waals surface area contributed by atoms with E-state index in [2.05, 4.69) is 43.1 Å². The monoisotopic (exact) mass is 424 g/mol. The van der Waals surface area contributed by atoms with Gasteiger partial charge >= 0.3 is 0 Å². The summed E-state index contributed by atoms with van der Waals surface area (Å²) in [6.45, 7) is 4.95. The maximum atomic E-state index is 5.53. The Morgan fingerprint density at radius 2 is 2.00 bits per heavy atom. The van der Waals surface area contributed by atoms with Gasteiger partial charge in [0, 0.05) is 49.9 Å². The largest absolute Gasteiger partial charge is 0.379 e. The van der Waals surface area contributed by atoms with E-state index in [-0.39, 0.29) is 0 Å². The van der Waals surface area contributed by atoms with Crippen molar-refractivity contribution in [3.63, 3.8) is 0 Å². The Morgan fingerprint density at radius 1 is 1.17 bits per heavy atom. The van der Waals surface area contributed by atoms with Crippen molar-refractivity contribution in [3.05, 3.63) is 70.7 Å². The van der Waals surface area contributed by atoms with Crippen molar-refractivity contribution in [1.29, 1.82) is 0 Å². The van der Waals surface area contributed by atoms with Crippen LogP contribution in [0.1, 0.15) is 16.5 Å². The summed E-state index contributed by atoms with van der Waals surface area (Å²) in [4.78, 5) is 8.24. The second-order valence-corrected chi connectivity index (χ2v) is 8.09. The molecule has 1 saturated heterocycles. The van der Waals surface area contributed by atoms with Gasteiger partial charge in [0.05, 0.1) is 31.1 Å². The third-order valence-corrected chi connectivity index (χ3v) is 6.13. The Hall–Kier alpha value is -2.68. The number of nitrogens with one attached hydrogen (secondary N) is 2. The van der Waals surface area contributed by atoms with Crippen LogP contribution in [0.2, 0.25) is 0 Å². The van der Waals surface area contributed by atoms with Crippen molar-refractivity contribution in [2.45, 2.75) is 12.6 Å². The quantitative estimate of drug-likeness (QED) is 0.451. The molecule has 0 spiro atoms. The Morgan fingerprint density at radius 3 is 2.73 bits per heavy atom. The number of aromatic nitrogens is 2. The fraction of sp³-hybridized carbons (Fsp3) is 0.364. The van der Waals surface area contributed by atoms with E-state index in [9.17, 15) is 0 Å². The molecular formula is C22H28N6OS. The second-order valence-electron chi connectivity index (χ2n) is 7.11. The number of aliphatic imine (C=N–C) groups is 1. The highest BCUT2D eigenvalue weighted by Crippen LogP contribution is 2.25. The summed E-state index contributed by atoms with van der Waals surface area (Å²) in [6, 6.07) is 14.8. The molecule has 2 N–H and O–H groups in total. The van der Waals surface area contributed by atoms with Crippen molar-refractivity contribution in [2.24, 2.45) is 4.99 Å². The van der Waals surface area contributed by atoms with E-state index in [0.29, 0.717) is 12.6 Å². The Balaban J connectivity index is 1.33. The molecule has 1 aliphatic rings. The molecule has 4 rings (SSSR count). The van der Waals surface area contributed by atoms with Gasteiger partial charge in [-0.25, -0.2) is 4.68 Å². The summed E-state index contributed by atoms with van der Waals surface area (Å²) in [7, 11) is 1.80. The van der Waals surface area contributed by atoms with Crippen LogP contribution in [0.25, 0.3) is 5.69 Å². The summed E-state index contributed by atoms with van der Waals surface area (Å²) in [5.41, 5.74) is 2.15. The summed E-state index contributed by atoms with van der Waals surface area (Å²) >= 11 is 1.80. The van der Waals surface area contributed by atoms with Crippen LogP contribution < -0.4 is 10.6 Å². The van der Waals surface area contributed by atoms with Gasteiger partial charge in [-0.2, -0.15) is 5.10 Å². The summed E-state index contributed by atoms with van der Waals surface area (Å²) in [5, 5.41) is 13.5. The number of hydrogen-bond acceptors (Lipinski definition) is 5. The van der Waals surface area contributed by atoms with Gasteiger partial charge in [-0.05, 0) is 23.6 Å². The maximum Gasteiger partial charge on any atom is 0.191 e. The number of hydrogen-bond donors (Lipinski definition) is 2. The number of para-hydroxylation sites is 1. The molecule has 0 radical (unpaired) electrons. The number of benzene rings is 1. The smallest absolute Gasteiger partial charge is 0.191 e. The van der Waals surface area contributed by atoms with E-state index in [1.54, 1.807) is 18.4 Å². The van der Waals surface area contributed by atoms with Crippen molar-refractivity contribution in [3.8, 4) is 5.69 Å². The standard InChI is InChI=1S/C22H28N6OS/c1-23-22(24-14-18-15-26-28(17-18)19-6-3-2-4-7-19)25-16-20(21-8-5-13-30-21)27-9-11-29-12-10-27/h2-8,13,15,17,20H,9-12,14,16H2,1H3,(H2,23,24,25). The van der Waals surface area contributed by atoms with E-state index in [1.165, 1.54) is 4.88 Å². The maximum absolute atomic E-state index is 5.53. The van der Waals surface area contributed by atoms with E-state index in [4.69, 9.17) is 4.74 Å². The lowest BCUT2D eigenvalue weighted by Crippen LogP contribution is -2.46. The number of thiophene rings is 1. The van der Waals surface area contributed by atoms with Crippen LogP contribution >= 0.6 is 11.3 Å². The summed E-state index contributed by atoms with van der Waals surface area (Å²) in [6.07, 6.45) is 3.92. The predicted octanol–water partition coefficient (Wildman–Crippen LogP) is 2.67. The fourth-order valence-corrected chi connectivity index (χ4v) is 4.41. The number of rotatable bonds is 7. The van der Waals surface area contributed by atoms with E-state index < -0.39 is 0 Å². The Bertz CT molecular complexity index is 918. The highest BCUT2D eigenvalue weighted by atomic mass is 32.1. The van der Waals surface area contributed by atoms with Crippen molar-refractivity contribution in [1.82, 2.24) is 25.3 Å². The molecule has 3 aromatic rings. The van der Waals surface area contributed by atoms with Gasteiger partial charge in [0.15, 0.2) is 5.96 Å². The van der Waals surface area contributed by atoms with E-state index >= 15 is 0 Å². The number of ether oxygens (including phenoxy) is 1. The van der Waals surface area contributed by atoms with Gasteiger partial charge in [-0.15, -0.1) is 11.3 Å². The Labute approximate surface area is 181 Å². The van der Waals surface area contributed by atoms with Crippen LogP contribution in [0.5, 0.6) is 0 Å². The predicted molar refractivity (Wildman–Crippen MR) is 121 cm³/mol. The molecule has 7 nitrogen and oxygen atoms in total. The van der Waals surface area contributed by atoms with E-state index in [0.717, 1.165) is 50.1 Å². The van der Waals surface area contributed by atoms with Crippen molar-refractivity contribution >= 4 is 17.3 Å². The average molecular weight is 425 g/mol. The van der Waals surface area contributed by atoms with E-state index in [1.807, 2.05) is 47.4 Å². The molecule has 0 saturated carbocycles. The second kappa shape index (κ2) is 10.4. The van der Waals surface area contributed by atoms with Crippen molar-refractivity contribution in [2.75, 3.05) is 39.9 Å². The lowest BCUT2D eigenvalue weighted by molar-refractivity contribution is 0.0177. The van der Waals surface area contributed by atoms with Gasteiger partial charge < -0.3 is 15.4 Å². The topological polar surface area (TPSA) is 66.7 Å². The molecule has 1 aliphatic heterocycles. The van der Waals surface area contributed by atoms with Crippen LogP contribution in [0.3, 0.4) is 0 Å². The zero-order chi connectivity index (χ0) is 20.6. The van der Waals surface area contributed by atoms with Crippen LogP contribution in [0.15, 0.2) is 65.2 Å². The fourth-order valence-electron chi connectivity index (χ4n) is 3.55. The molecule has 8 heteroatoms. The zero-order valence-electron chi connectivity index (χ0n) is 17.2. The van der Waals surface area contributed by atoms with Crippen LogP contribution in [-0.4, -0.2) is 60.5 Å².